The fourth-order valence-electron chi connectivity index (χ4n) is 1.19. The number of alkyl halides is 3. The molecule has 1 rings (SSSR count). The van der Waals surface area contributed by atoms with E-state index in [1.54, 1.807) is 0 Å². The van der Waals surface area contributed by atoms with Gasteiger partial charge in [0.15, 0.2) is 5.78 Å². The van der Waals surface area contributed by atoms with Gasteiger partial charge >= 0.3 is 6.18 Å². The van der Waals surface area contributed by atoms with Gasteiger partial charge < -0.3 is 5.11 Å². The number of para-hydroxylation sites is 1. The molecular weight excluding hydrogens is 209 g/mol. The van der Waals surface area contributed by atoms with Crippen molar-refractivity contribution in [1.82, 2.24) is 0 Å². The van der Waals surface area contributed by atoms with E-state index in [1.165, 1.54) is 13.0 Å². The lowest BCUT2D eigenvalue weighted by Crippen LogP contribution is -2.08. The smallest absolute Gasteiger partial charge is 0.419 e. The fraction of sp³-hybridized carbons (Fsp3) is 0.300. The Labute approximate surface area is 84.3 Å². The first-order valence-electron chi connectivity index (χ1n) is 4.30. The van der Waals surface area contributed by atoms with Gasteiger partial charge in [0, 0.05) is 6.42 Å². The quantitative estimate of drug-likeness (QED) is 0.774. The van der Waals surface area contributed by atoms with Crippen LogP contribution in [0.2, 0.25) is 0 Å². The van der Waals surface area contributed by atoms with Crippen molar-refractivity contribution in [2.75, 3.05) is 0 Å². The average molecular weight is 218 g/mol. The monoisotopic (exact) mass is 218 g/mol. The van der Waals surface area contributed by atoms with Crippen molar-refractivity contribution in [2.45, 2.75) is 19.5 Å². The number of benzene rings is 1. The van der Waals surface area contributed by atoms with Crippen LogP contribution in [0.25, 0.3) is 0 Å². The maximum absolute atomic E-state index is 12.3. The van der Waals surface area contributed by atoms with Crippen LogP contribution in [-0.4, -0.2) is 10.9 Å². The SMILES string of the molecule is CCC(=O)c1cccc(C(F)(F)F)c1O. The van der Waals surface area contributed by atoms with Gasteiger partial charge in [-0.15, -0.1) is 0 Å². The van der Waals surface area contributed by atoms with Gasteiger partial charge in [-0.3, -0.25) is 4.79 Å². The molecule has 82 valence electrons. The summed E-state index contributed by atoms with van der Waals surface area (Å²) in [6, 6.07) is 3.02. The van der Waals surface area contributed by atoms with E-state index in [9.17, 15) is 23.1 Å². The second-order valence-corrected chi connectivity index (χ2v) is 2.98. The van der Waals surface area contributed by atoms with E-state index >= 15 is 0 Å². The third-order valence-corrected chi connectivity index (χ3v) is 1.96. The van der Waals surface area contributed by atoms with E-state index in [0.29, 0.717) is 0 Å². The normalized spacial score (nSPS) is 11.5. The highest BCUT2D eigenvalue weighted by Gasteiger charge is 2.35. The number of phenolic OH excluding ortho intramolecular Hbond substituents is 1. The molecule has 0 amide bonds. The number of ketones is 1. The first-order valence-corrected chi connectivity index (χ1v) is 4.30. The van der Waals surface area contributed by atoms with Crippen LogP contribution in [0.1, 0.15) is 29.3 Å². The Hall–Kier alpha value is -1.52. The number of Topliss-reactive ketones (excluding diaryl/α,β-unsaturated/α-hetero) is 1. The highest BCUT2D eigenvalue weighted by atomic mass is 19.4. The van der Waals surface area contributed by atoms with Crippen molar-refractivity contribution >= 4 is 5.78 Å². The topological polar surface area (TPSA) is 37.3 Å². The minimum absolute atomic E-state index is 0.0505. The summed E-state index contributed by atoms with van der Waals surface area (Å²) in [4.78, 5) is 11.2. The van der Waals surface area contributed by atoms with Gasteiger partial charge in [0.05, 0.1) is 11.1 Å². The molecule has 0 aromatic heterocycles. The summed E-state index contributed by atoms with van der Waals surface area (Å²) in [5, 5.41) is 9.29. The molecule has 5 heteroatoms. The summed E-state index contributed by atoms with van der Waals surface area (Å²) in [6.07, 6.45) is -4.59. The van der Waals surface area contributed by atoms with Gasteiger partial charge in [-0.1, -0.05) is 13.0 Å². The summed E-state index contributed by atoms with van der Waals surface area (Å²) in [5.41, 5.74) is -1.46. The largest absolute Gasteiger partial charge is 0.507 e. The first-order chi connectivity index (χ1) is 6.88. The molecule has 2 nitrogen and oxygen atoms in total. The van der Waals surface area contributed by atoms with E-state index in [4.69, 9.17) is 0 Å². The second kappa shape index (κ2) is 3.92. The van der Waals surface area contributed by atoms with Gasteiger partial charge in [-0.25, -0.2) is 0 Å². The number of phenols is 1. The van der Waals surface area contributed by atoms with Crippen LogP contribution >= 0.6 is 0 Å². The van der Waals surface area contributed by atoms with Crippen molar-refractivity contribution < 1.29 is 23.1 Å². The van der Waals surface area contributed by atoms with Crippen molar-refractivity contribution in [3.05, 3.63) is 29.3 Å². The Morgan fingerprint density at radius 2 is 2.00 bits per heavy atom. The fourth-order valence-corrected chi connectivity index (χ4v) is 1.19. The lowest BCUT2D eigenvalue weighted by atomic mass is 10.0. The molecule has 0 aliphatic carbocycles. The van der Waals surface area contributed by atoms with E-state index < -0.39 is 23.3 Å². The van der Waals surface area contributed by atoms with Gasteiger partial charge in [-0.2, -0.15) is 13.2 Å². The van der Waals surface area contributed by atoms with E-state index in [1.807, 2.05) is 0 Å². The van der Waals surface area contributed by atoms with Crippen LogP contribution in [0.15, 0.2) is 18.2 Å². The molecule has 15 heavy (non-hydrogen) atoms. The molecule has 1 N–H and O–H groups in total. The molecule has 0 spiro atoms. The van der Waals surface area contributed by atoms with Crippen LogP contribution in [-0.2, 0) is 6.18 Å². The van der Waals surface area contributed by atoms with Gasteiger partial charge in [0.1, 0.15) is 5.75 Å². The number of hydrogen-bond acceptors (Lipinski definition) is 2. The molecule has 0 aliphatic heterocycles. The molecule has 0 atom stereocenters. The number of hydrogen-bond donors (Lipinski definition) is 1. The van der Waals surface area contributed by atoms with Crippen LogP contribution in [0.5, 0.6) is 5.75 Å². The molecule has 0 saturated heterocycles. The maximum atomic E-state index is 12.3. The summed E-state index contributed by atoms with van der Waals surface area (Å²) in [7, 11) is 0. The highest BCUT2D eigenvalue weighted by Crippen LogP contribution is 2.37. The first kappa shape index (κ1) is 11.6. The number of carbonyl (C=O) groups excluding carboxylic acids is 1. The zero-order valence-electron chi connectivity index (χ0n) is 7.93. The Bertz CT molecular complexity index is 383. The minimum Gasteiger partial charge on any atom is -0.507 e. The summed E-state index contributed by atoms with van der Waals surface area (Å²) in [6.45, 7) is 1.52. The Kier molecular flexibility index (Phi) is 3.02. The minimum atomic E-state index is -4.64. The maximum Gasteiger partial charge on any atom is 0.419 e. The van der Waals surface area contributed by atoms with E-state index in [0.717, 1.165) is 12.1 Å². The van der Waals surface area contributed by atoms with Crippen molar-refractivity contribution in [1.29, 1.82) is 0 Å². The standard InChI is InChI=1S/C10H9F3O2/c1-2-8(14)6-4-3-5-7(9(6)15)10(11,12)13/h3-5,15H,2H2,1H3. The summed E-state index contributed by atoms with van der Waals surface area (Å²) in [5.74, 6) is -1.50. The lowest BCUT2D eigenvalue weighted by Gasteiger charge is -2.10. The van der Waals surface area contributed by atoms with Gasteiger partial charge in [0.2, 0.25) is 0 Å². The number of halogens is 3. The molecule has 0 heterocycles. The average Bonchev–Trinajstić information content (AvgIpc) is 2.15. The number of carbonyl (C=O) groups is 1. The predicted octanol–water partition coefficient (Wildman–Crippen LogP) is 3.00. The predicted molar refractivity (Wildman–Crippen MR) is 47.7 cm³/mol. The van der Waals surface area contributed by atoms with Gasteiger partial charge in [-0.05, 0) is 12.1 Å². The molecule has 0 bridgehead atoms. The van der Waals surface area contributed by atoms with E-state index in [-0.39, 0.29) is 12.0 Å². The summed E-state index contributed by atoms with van der Waals surface area (Å²) < 4.78 is 37.0. The zero-order chi connectivity index (χ0) is 11.6. The zero-order valence-corrected chi connectivity index (χ0v) is 7.93. The Morgan fingerprint density at radius 3 is 2.47 bits per heavy atom. The molecule has 0 fully saturated rings. The van der Waals surface area contributed by atoms with Crippen LogP contribution in [0.4, 0.5) is 13.2 Å². The summed E-state index contributed by atoms with van der Waals surface area (Å²) >= 11 is 0. The van der Waals surface area contributed by atoms with Gasteiger partial charge in [0.25, 0.3) is 0 Å². The number of aromatic hydroxyl groups is 1. The molecule has 1 aromatic rings. The van der Waals surface area contributed by atoms with Crippen LogP contribution in [0.3, 0.4) is 0 Å². The van der Waals surface area contributed by atoms with Crippen molar-refractivity contribution in [3.63, 3.8) is 0 Å². The molecule has 0 unspecified atom stereocenters. The highest BCUT2D eigenvalue weighted by molar-refractivity contribution is 5.98. The molecular formula is C10H9F3O2. The molecule has 1 aromatic carbocycles. The lowest BCUT2D eigenvalue weighted by molar-refractivity contribution is -0.138. The molecule has 0 aliphatic rings. The van der Waals surface area contributed by atoms with E-state index in [2.05, 4.69) is 0 Å². The van der Waals surface area contributed by atoms with Crippen LogP contribution in [0, 0.1) is 0 Å². The second-order valence-electron chi connectivity index (χ2n) is 2.98. The third-order valence-electron chi connectivity index (χ3n) is 1.96. The Balaban J connectivity index is 3.30. The molecule has 0 radical (unpaired) electrons. The van der Waals surface area contributed by atoms with Crippen molar-refractivity contribution in [3.8, 4) is 5.75 Å². The number of rotatable bonds is 2. The Morgan fingerprint density at radius 1 is 1.40 bits per heavy atom. The van der Waals surface area contributed by atoms with Crippen molar-refractivity contribution in [2.24, 2.45) is 0 Å². The van der Waals surface area contributed by atoms with Crippen LogP contribution < -0.4 is 0 Å². The third kappa shape index (κ3) is 2.29. The molecule has 0 saturated carbocycles.